The van der Waals surface area contributed by atoms with Crippen molar-refractivity contribution in [2.45, 2.75) is 18.2 Å². The number of methoxy groups -OCH3 is 1. The first-order chi connectivity index (χ1) is 16.1. The van der Waals surface area contributed by atoms with Gasteiger partial charge >= 0.3 is 0 Å². The van der Waals surface area contributed by atoms with Crippen LogP contribution in [-0.2, 0) is 17.9 Å². The lowest BCUT2D eigenvalue weighted by Gasteiger charge is -2.09. The van der Waals surface area contributed by atoms with Crippen LogP contribution in [0, 0.1) is 0 Å². The standard InChI is InChI=1S/C22H19N5O3S3/c1-30-15-5-2-4-14(10-15)11-23-18(28)13-33-22-25-24-21-26(12-16-6-3-8-31-16)20(29)19-17(27(21)22)7-9-32-19/h2-10H,11-13H2,1H3,(H,23,28). The highest BCUT2D eigenvalue weighted by Crippen LogP contribution is 2.25. The maximum atomic E-state index is 13.1. The highest BCUT2D eigenvalue weighted by molar-refractivity contribution is 7.99. The first-order valence-corrected chi connectivity index (χ1v) is 12.8. The number of benzene rings is 1. The number of aromatic nitrogens is 4. The molecule has 1 amide bonds. The predicted octanol–water partition coefficient (Wildman–Crippen LogP) is 3.63. The quantitative estimate of drug-likeness (QED) is 0.329. The number of rotatable bonds is 8. The van der Waals surface area contributed by atoms with Crippen LogP contribution in [0.15, 0.2) is 63.2 Å². The van der Waals surface area contributed by atoms with Gasteiger partial charge in [-0.3, -0.25) is 18.6 Å². The molecule has 11 heteroatoms. The highest BCUT2D eigenvalue weighted by Gasteiger charge is 2.19. The number of ether oxygens (including phenoxy) is 1. The van der Waals surface area contributed by atoms with Crippen LogP contribution in [0.3, 0.4) is 0 Å². The second-order valence-corrected chi connectivity index (χ2v) is 10.0. The van der Waals surface area contributed by atoms with Gasteiger partial charge in [-0.2, -0.15) is 0 Å². The molecule has 0 aliphatic carbocycles. The van der Waals surface area contributed by atoms with E-state index in [1.54, 1.807) is 23.0 Å². The van der Waals surface area contributed by atoms with E-state index in [2.05, 4.69) is 15.5 Å². The van der Waals surface area contributed by atoms with E-state index in [4.69, 9.17) is 4.74 Å². The van der Waals surface area contributed by atoms with Gasteiger partial charge in [-0.25, -0.2) is 0 Å². The number of hydrogen-bond acceptors (Lipinski definition) is 8. The average molecular weight is 498 g/mol. The first-order valence-electron chi connectivity index (χ1n) is 10.0. The van der Waals surface area contributed by atoms with Crippen molar-refractivity contribution in [3.05, 3.63) is 74.0 Å². The maximum Gasteiger partial charge on any atom is 0.273 e. The molecule has 0 unspecified atom stereocenters. The fourth-order valence-corrected chi connectivity index (χ4v) is 5.75. The van der Waals surface area contributed by atoms with Crippen LogP contribution in [-0.4, -0.2) is 37.9 Å². The molecule has 168 valence electrons. The Bertz CT molecular complexity index is 1490. The smallest absolute Gasteiger partial charge is 0.273 e. The number of thiophene rings is 2. The zero-order chi connectivity index (χ0) is 22.8. The van der Waals surface area contributed by atoms with Crippen molar-refractivity contribution in [1.82, 2.24) is 24.5 Å². The summed E-state index contributed by atoms with van der Waals surface area (Å²) in [6, 6.07) is 13.4. The lowest BCUT2D eigenvalue weighted by atomic mass is 10.2. The SMILES string of the molecule is COc1cccc(CNC(=O)CSc2nnc3n(Cc4cccs4)c(=O)c4sccc4n23)c1. The summed E-state index contributed by atoms with van der Waals surface area (Å²) in [4.78, 5) is 26.6. The molecule has 0 aliphatic heterocycles. The van der Waals surface area contributed by atoms with Gasteiger partial charge in [0.15, 0.2) is 5.16 Å². The Labute approximate surface area is 200 Å². The number of nitrogens with zero attached hydrogens (tertiary/aromatic N) is 4. The molecule has 4 heterocycles. The van der Waals surface area contributed by atoms with E-state index in [-0.39, 0.29) is 17.2 Å². The molecule has 8 nitrogen and oxygen atoms in total. The minimum absolute atomic E-state index is 0.0825. The van der Waals surface area contributed by atoms with E-state index in [9.17, 15) is 9.59 Å². The minimum Gasteiger partial charge on any atom is -0.497 e. The van der Waals surface area contributed by atoms with Crippen molar-refractivity contribution in [3.8, 4) is 5.75 Å². The molecule has 5 aromatic rings. The Kier molecular flexibility index (Phi) is 6.16. The van der Waals surface area contributed by atoms with Gasteiger partial charge in [0.05, 0.1) is 24.9 Å². The second kappa shape index (κ2) is 9.38. The molecular formula is C22H19N5O3S3. The number of thioether (sulfide) groups is 1. The molecule has 5 rings (SSSR count). The van der Waals surface area contributed by atoms with Crippen LogP contribution in [0.1, 0.15) is 10.4 Å². The average Bonchev–Trinajstić information content (AvgIpc) is 3.59. The molecule has 0 saturated heterocycles. The summed E-state index contributed by atoms with van der Waals surface area (Å²) in [5.74, 6) is 1.28. The van der Waals surface area contributed by atoms with Gasteiger partial charge in [-0.15, -0.1) is 32.9 Å². The van der Waals surface area contributed by atoms with Gasteiger partial charge in [0.1, 0.15) is 10.4 Å². The van der Waals surface area contributed by atoms with Crippen LogP contribution in [0.4, 0.5) is 0 Å². The van der Waals surface area contributed by atoms with Crippen molar-refractivity contribution in [3.63, 3.8) is 0 Å². The van der Waals surface area contributed by atoms with Gasteiger partial charge in [0, 0.05) is 11.4 Å². The lowest BCUT2D eigenvalue weighted by molar-refractivity contribution is -0.118. The van der Waals surface area contributed by atoms with Crippen molar-refractivity contribution < 1.29 is 9.53 Å². The number of amides is 1. The van der Waals surface area contributed by atoms with E-state index in [0.717, 1.165) is 21.7 Å². The van der Waals surface area contributed by atoms with Gasteiger partial charge < -0.3 is 10.1 Å². The summed E-state index contributed by atoms with van der Waals surface area (Å²) in [6.07, 6.45) is 0. The predicted molar refractivity (Wildman–Crippen MR) is 132 cm³/mol. The maximum absolute atomic E-state index is 13.1. The molecule has 1 aromatic carbocycles. The van der Waals surface area contributed by atoms with Crippen LogP contribution in [0.2, 0.25) is 0 Å². The molecule has 0 aliphatic rings. The summed E-state index contributed by atoms with van der Waals surface area (Å²) < 4.78 is 9.37. The van der Waals surface area contributed by atoms with Crippen molar-refractivity contribution in [2.75, 3.05) is 12.9 Å². The summed E-state index contributed by atoms with van der Waals surface area (Å²) >= 11 is 4.28. The second-order valence-electron chi connectivity index (χ2n) is 7.14. The minimum atomic E-state index is -0.118. The zero-order valence-electron chi connectivity index (χ0n) is 17.6. The molecule has 0 saturated carbocycles. The fourth-order valence-electron chi connectivity index (χ4n) is 3.46. The molecular weight excluding hydrogens is 478 g/mol. The Morgan fingerprint density at radius 2 is 2.06 bits per heavy atom. The van der Waals surface area contributed by atoms with Crippen LogP contribution < -0.4 is 15.6 Å². The monoisotopic (exact) mass is 497 g/mol. The topological polar surface area (TPSA) is 90.5 Å². The molecule has 4 aromatic heterocycles. The zero-order valence-corrected chi connectivity index (χ0v) is 20.0. The highest BCUT2D eigenvalue weighted by atomic mass is 32.2. The molecule has 0 radical (unpaired) electrons. The van der Waals surface area contributed by atoms with Gasteiger partial charge in [0.2, 0.25) is 11.7 Å². The molecule has 1 N–H and O–H groups in total. The Hall–Kier alpha value is -3.15. The number of carbonyl (C=O) groups is 1. The Balaban J connectivity index is 1.37. The molecule has 33 heavy (non-hydrogen) atoms. The lowest BCUT2D eigenvalue weighted by Crippen LogP contribution is -2.25. The van der Waals surface area contributed by atoms with Crippen LogP contribution in [0.25, 0.3) is 16.0 Å². The summed E-state index contributed by atoms with van der Waals surface area (Å²) in [5, 5.41) is 16.0. The third-order valence-corrected chi connectivity index (χ3v) is 7.71. The number of carbonyl (C=O) groups excluding carboxylic acids is 1. The van der Waals surface area contributed by atoms with E-state index in [0.29, 0.717) is 28.7 Å². The number of fused-ring (bicyclic) bond motifs is 3. The van der Waals surface area contributed by atoms with E-state index in [1.807, 2.05) is 57.6 Å². The molecule has 0 bridgehead atoms. The van der Waals surface area contributed by atoms with Crippen molar-refractivity contribution >= 4 is 56.3 Å². The normalized spacial score (nSPS) is 11.3. The van der Waals surface area contributed by atoms with Gasteiger partial charge in [-0.05, 0) is 40.6 Å². The third kappa shape index (κ3) is 4.39. The third-order valence-electron chi connectivity index (χ3n) is 5.03. The molecule has 0 atom stereocenters. The van der Waals surface area contributed by atoms with E-state index in [1.165, 1.54) is 23.1 Å². The Morgan fingerprint density at radius 1 is 1.15 bits per heavy atom. The number of hydrogen-bond donors (Lipinski definition) is 1. The molecule has 0 spiro atoms. The summed E-state index contributed by atoms with van der Waals surface area (Å²) in [6.45, 7) is 0.837. The van der Waals surface area contributed by atoms with Gasteiger partial charge in [0.25, 0.3) is 5.56 Å². The summed E-state index contributed by atoms with van der Waals surface area (Å²) in [5.41, 5.74) is 1.63. The summed E-state index contributed by atoms with van der Waals surface area (Å²) in [7, 11) is 1.61. The van der Waals surface area contributed by atoms with Crippen molar-refractivity contribution in [2.24, 2.45) is 0 Å². The van der Waals surface area contributed by atoms with Crippen LogP contribution >= 0.6 is 34.4 Å². The van der Waals surface area contributed by atoms with E-state index < -0.39 is 0 Å². The Morgan fingerprint density at radius 3 is 2.88 bits per heavy atom. The largest absolute Gasteiger partial charge is 0.497 e. The first kappa shape index (κ1) is 21.7. The van der Waals surface area contributed by atoms with E-state index >= 15 is 0 Å². The molecule has 0 fully saturated rings. The fraction of sp³-hybridized carbons (Fsp3) is 0.182. The van der Waals surface area contributed by atoms with Crippen LogP contribution in [0.5, 0.6) is 5.75 Å². The van der Waals surface area contributed by atoms with Crippen molar-refractivity contribution in [1.29, 1.82) is 0 Å². The van der Waals surface area contributed by atoms with Gasteiger partial charge in [-0.1, -0.05) is 30.0 Å². The number of nitrogens with one attached hydrogen (secondary N) is 1.